The van der Waals surface area contributed by atoms with Crippen LogP contribution in [0.15, 0.2) is 83.9 Å². The Kier molecular flexibility index (Phi) is 6.70. The van der Waals surface area contributed by atoms with E-state index in [0.29, 0.717) is 44.8 Å². The highest BCUT2D eigenvalue weighted by atomic mass is 35.5. The zero-order valence-corrected chi connectivity index (χ0v) is 23.1. The van der Waals surface area contributed by atoms with E-state index in [1.807, 2.05) is 50.3 Å². The summed E-state index contributed by atoms with van der Waals surface area (Å²) in [5, 5.41) is 16.8. The minimum atomic E-state index is -1.17. The number of carbonyl (C=O) groups excluding carboxylic acids is 2. The van der Waals surface area contributed by atoms with Crippen LogP contribution in [0.25, 0.3) is 0 Å². The number of carbonyl (C=O) groups is 2. The Balaban J connectivity index is 1.56. The molecule has 3 aromatic carbocycles. The molecule has 0 saturated carbocycles. The minimum absolute atomic E-state index is 0.150. The number of piperidine rings is 1. The van der Waals surface area contributed by atoms with Crippen molar-refractivity contribution in [3.63, 3.8) is 0 Å². The topological polar surface area (TPSA) is 91.2 Å². The van der Waals surface area contributed by atoms with E-state index in [1.54, 1.807) is 36.4 Å². The van der Waals surface area contributed by atoms with Gasteiger partial charge in [0, 0.05) is 27.7 Å². The number of nitrogens with one attached hydrogen (secondary N) is 2. The van der Waals surface area contributed by atoms with Crippen LogP contribution in [-0.4, -0.2) is 19.7 Å². The van der Waals surface area contributed by atoms with Crippen molar-refractivity contribution in [2.24, 2.45) is 11.8 Å². The van der Waals surface area contributed by atoms with E-state index in [0.717, 1.165) is 11.0 Å². The highest BCUT2D eigenvalue weighted by Gasteiger charge is 2.62. The second kappa shape index (κ2) is 10.2. The Morgan fingerprint density at radius 3 is 2.70 bits per heavy atom. The molecular formula is C31H24BCl2N3O3. The Labute approximate surface area is 243 Å². The molecule has 2 unspecified atom stereocenters. The van der Waals surface area contributed by atoms with Gasteiger partial charge < -0.3 is 15.4 Å². The number of halogens is 2. The summed E-state index contributed by atoms with van der Waals surface area (Å²) in [7, 11) is 1.95. The number of rotatable bonds is 4. The molecule has 4 atom stereocenters. The molecule has 2 amide bonds. The fourth-order valence-electron chi connectivity index (χ4n) is 6.39. The monoisotopic (exact) mass is 567 g/mol. The lowest BCUT2D eigenvalue weighted by Crippen LogP contribution is -2.59. The Morgan fingerprint density at radius 1 is 1.05 bits per heavy atom. The second-order valence-electron chi connectivity index (χ2n) is 10.5. The molecule has 1 fully saturated rings. The van der Waals surface area contributed by atoms with Gasteiger partial charge in [0.15, 0.2) is 0 Å². The lowest BCUT2D eigenvalue weighted by atomic mass is 9.56. The van der Waals surface area contributed by atoms with Crippen molar-refractivity contribution in [1.29, 1.82) is 5.26 Å². The molecule has 1 spiro atoms. The first-order valence-electron chi connectivity index (χ1n) is 13.0. The zero-order chi connectivity index (χ0) is 28.0. The number of nitriles is 1. The third kappa shape index (κ3) is 4.38. The van der Waals surface area contributed by atoms with Gasteiger partial charge in [0.05, 0.1) is 17.7 Å². The third-order valence-corrected chi connectivity index (χ3v) is 8.57. The average molecular weight is 568 g/mol. The molecule has 2 aliphatic heterocycles. The van der Waals surface area contributed by atoms with E-state index >= 15 is 0 Å². The lowest BCUT2D eigenvalue weighted by Gasteiger charge is -2.49. The number of hydrogen-bond acceptors (Lipinski definition) is 4. The molecule has 198 valence electrons. The number of nitrogens with zero attached hydrogens (tertiary/aromatic N) is 1. The van der Waals surface area contributed by atoms with Gasteiger partial charge in [-0.25, -0.2) is 0 Å². The van der Waals surface area contributed by atoms with Crippen molar-refractivity contribution in [3.05, 3.63) is 106 Å². The average Bonchev–Trinajstić information content (AvgIpc) is 3.21. The molecule has 1 saturated heterocycles. The quantitative estimate of drug-likeness (QED) is 0.433. The molecule has 0 bridgehead atoms. The Hall–Kier alpha value is -3.99. The molecule has 40 heavy (non-hydrogen) atoms. The lowest BCUT2D eigenvalue weighted by molar-refractivity contribution is -0.135. The van der Waals surface area contributed by atoms with E-state index < -0.39 is 17.4 Å². The van der Waals surface area contributed by atoms with Crippen LogP contribution in [0, 0.1) is 23.2 Å². The van der Waals surface area contributed by atoms with E-state index in [9.17, 15) is 14.9 Å². The van der Waals surface area contributed by atoms with Gasteiger partial charge in [-0.15, -0.1) is 0 Å². The van der Waals surface area contributed by atoms with E-state index in [1.165, 1.54) is 0 Å². The van der Waals surface area contributed by atoms with Gasteiger partial charge >= 0.3 is 0 Å². The number of allylic oxidation sites excluding steroid dienone is 4. The van der Waals surface area contributed by atoms with E-state index in [4.69, 9.17) is 27.9 Å². The number of fused-ring (bicyclic) bond motifs is 2. The molecule has 2 heterocycles. The van der Waals surface area contributed by atoms with Crippen molar-refractivity contribution < 1.29 is 14.3 Å². The van der Waals surface area contributed by atoms with Crippen molar-refractivity contribution >= 4 is 54.0 Å². The predicted molar refractivity (Wildman–Crippen MR) is 158 cm³/mol. The largest absolute Gasteiger partial charge is 0.457 e. The molecule has 2 N–H and O–H groups in total. The molecule has 1 aliphatic carbocycles. The summed E-state index contributed by atoms with van der Waals surface area (Å²) in [5.41, 5.74) is 2.30. The summed E-state index contributed by atoms with van der Waals surface area (Å²) in [4.78, 5) is 27.7. The summed E-state index contributed by atoms with van der Waals surface area (Å²) in [5.74, 6) is 0.0413. The normalized spacial score (nSPS) is 25.0. The van der Waals surface area contributed by atoms with Gasteiger partial charge in [-0.1, -0.05) is 65.1 Å². The molecular weight excluding hydrogens is 544 g/mol. The fraction of sp³-hybridized carbons (Fsp3) is 0.194. The maximum atomic E-state index is 14.3. The standard InChI is InChI=1S/C31H24BCl2N3O3/c32-19-7-10-27(40-22-6-1-3-17(11-22)16-35)23(13-19)29-31(24-9-8-21(34)14-26(24)36-30(31)39)25(15-28(38)37-29)18-4-2-5-20(33)12-18/h1-11,13-14,18,25,29H,12,15,32H2,(H,36,39)(H,37,38)/t18?,25-,29-,31?/m0/s1. The number of anilines is 1. The molecule has 6 nitrogen and oxygen atoms in total. The fourth-order valence-corrected chi connectivity index (χ4v) is 6.81. The van der Waals surface area contributed by atoms with Crippen LogP contribution >= 0.6 is 23.2 Å². The smallest absolute Gasteiger partial charge is 0.237 e. The molecule has 0 radical (unpaired) electrons. The van der Waals surface area contributed by atoms with Gasteiger partial charge in [-0.05, 0) is 66.3 Å². The first-order valence-corrected chi connectivity index (χ1v) is 13.8. The van der Waals surface area contributed by atoms with E-state index in [2.05, 4.69) is 16.7 Å². The number of hydrogen-bond donors (Lipinski definition) is 2. The second-order valence-corrected chi connectivity index (χ2v) is 11.4. The van der Waals surface area contributed by atoms with Gasteiger partial charge in [0.25, 0.3) is 0 Å². The summed E-state index contributed by atoms with van der Waals surface area (Å²) in [6.07, 6.45) is 6.45. The van der Waals surface area contributed by atoms with Crippen molar-refractivity contribution in [2.45, 2.75) is 24.3 Å². The molecule has 6 rings (SSSR count). The van der Waals surface area contributed by atoms with Crippen molar-refractivity contribution in [2.75, 3.05) is 5.32 Å². The number of benzene rings is 3. The maximum absolute atomic E-state index is 14.3. The predicted octanol–water partition coefficient (Wildman–Crippen LogP) is 5.03. The summed E-state index contributed by atoms with van der Waals surface area (Å²) in [6.45, 7) is 0. The molecule has 9 heteroatoms. The summed E-state index contributed by atoms with van der Waals surface area (Å²) in [6, 6.07) is 19.3. The first-order chi connectivity index (χ1) is 19.3. The van der Waals surface area contributed by atoms with Gasteiger partial charge in [0.1, 0.15) is 24.8 Å². The molecule has 3 aliphatic rings. The van der Waals surface area contributed by atoms with Crippen LogP contribution < -0.4 is 20.8 Å². The highest BCUT2D eigenvalue weighted by Crippen LogP contribution is 2.58. The number of amides is 2. The zero-order valence-electron chi connectivity index (χ0n) is 21.6. The third-order valence-electron chi connectivity index (χ3n) is 8.05. The SMILES string of the molecule is Bc1ccc(Oc2cccc(C#N)c2)c([C@@H]2NC(=O)C[C@@H](C3C=CC=C(Cl)C3)C23C(=O)Nc2cc(Cl)ccc23)c1. The molecule has 0 aromatic heterocycles. The highest BCUT2D eigenvalue weighted by molar-refractivity contribution is 6.32. The van der Waals surface area contributed by atoms with Crippen LogP contribution in [0.5, 0.6) is 11.5 Å². The van der Waals surface area contributed by atoms with E-state index in [-0.39, 0.29) is 24.2 Å². The Bertz CT molecular complexity index is 1660. The minimum Gasteiger partial charge on any atom is -0.457 e. The Morgan fingerprint density at radius 2 is 1.90 bits per heavy atom. The van der Waals surface area contributed by atoms with Crippen LogP contribution in [-0.2, 0) is 15.0 Å². The van der Waals surface area contributed by atoms with Crippen molar-refractivity contribution in [1.82, 2.24) is 5.32 Å². The van der Waals surface area contributed by atoms with Crippen LogP contribution in [0.2, 0.25) is 5.02 Å². The van der Waals surface area contributed by atoms with Crippen LogP contribution in [0.1, 0.15) is 35.6 Å². The van der Waals surface area contributed by atoms with Gasteiger partial charge in [0.2, 0.25) is 11.8 Å². The maximum Gasteiger partial charge on any atom is 0.237 e. The summed E-state index contributed by atoms with van der Waals surface area (Å²) < 4.78 is 6.34. The number of ether oxygens (including phenoxy) is 1. The first kappa shape index (κ1) is 26.2. The van der Waals surface area contributed by atoms with Crippen LogP contribution in [0.3, 0.4) is 0 Å². The van der Waals surface area contributed by atoms with Crippen molar-refractivity contribution in [3.8, 4) is 17.6 Å². The van der Waals surface area contributed by atoms with Gasteiger partial charge in [-0.2, -0.15) is 5.26 Å². The molecule has 3 aromatic rings. The van der Waals surface area contributed by atoms with Gasteiger partial charge in [-0.3, -0.25) is 9.59 Å². The summed E-state index contributed by atoms with van der Waals surface area (Å²) >= 11 is 12.8. The van der Waals surface area contributed by atoms with Crippen LogP contribution in [0.4, 0.5) is 5.69 Å².